The lowest BCUT2D eigenvalue weighted by Gasteiger charge is -2.18. The molecule has 1 atom stereocenters. The molecule has 0 bridgehead atoms. The van der Waals surface area contributed by atoms with Crippen molar-refractivity contribution in [2.75, 3.05) is 30.8 Å². The van der Waals surface area contributed by atoms with Gasteiger partial charge in [0.25, 0.3) is 5.56 Å². The molecule has 1 aliphatic rings. The lowest BCUT2D eigenvalue weighted by molar-refractivity contribution is -0.111. The lowest BCUT2D eigenvalue weighted by atomic mass is 10.1. The van der Waals surface area contributed by atoms with Crippen LogP contribution in [0.1, 0.15) is 6.42 Å². The SMILES string of the molecule is C=CC(=O)Nc1cc(Nc2ncc3c(=O)n(C)cc(-c4cccc(F)c4)c3n2)ccc1OC1CCN(C)C1. The Bertz CT molecular complexity index is 1600. The summed E-state index contributed by atoms with van der Waals surface area (Å²) in [7, 11) is 3.67. The van der Waals surface area contributed by atoms with Gasteiger partial charge in [-0.25, -0.2) is 14.4 Å². The summed E-state index contributed by atoms with van der Waals surface area (Å²) in [6.07, 6.45) is 5.18. The van der Waals surface area contributed by atoms with Crippen molar-refractivity contribution in [2.24, 2.45) is 7.05 Å². The Morgan fingerprint density at radius 3 is 2.82 bits per heavy atom. The van der Waals surface area contributed by atoms with E-state index in [0.29, 0.717) is 39.2 Å². The van der Waals surface area contributed by atoms with Gasteiger partial charge in [0.2, 0.25) is 11.9 Å². The van der Waals surface area contributed by atoms with Crippen LogP contribution in [0.2, 0.25) is 0 Å². The first-order valence-electron chi connectivity index (χ1n) is 12.1. The minimum Gasteiger partial charge on any atom is -0.487 e. The number of halogens is 1. The van der Waals surface area contributed by atoms with Gasteiger partial charge in [0.05, 0.1) is 16.6 Å². The molecule has 1 unspecified atom stereocenters. The second kappa shape index (κ2) is 10.4. The molecule has 10 heteroatoms. The first-order chi connectivity index (χ1) is 18.3. The number of pyridine rings is 1. The number of carbonyl (C=O) groups is 1. The van der Waals surface area contributed by atoms with Crippen LogP contribution < -0.4 is 20.9 Å². The number of rotatable bonds is 7. The number of benzene rings is 2. The van der Waals surface area contributed by atoms with Gasteiger partial charge < -0.3 is 24.8 Å². The molecule has 3 heterocycles. The largest absolute Gasteiger partial charge is 0.487 e. The number of anilines is 3. The third-order valence-corrected chi connectivity index (χ3v) is 6.37. The zero-order chi connectivity index (χ0) is 26.8. The van der Waals surface area contributed by atoms with Gasteiger partial charge in [0.15, 0.2) is 0 Å². The van der Waals surface area contributed by atoms with E-state index in [2.05, 4.69) is 32.1 Å². The molecule has 0 aliphatic carbocycles. The van der Waals surface area contributed by atoms with E-state index in [0.717, 1.165) is 19.5 Å². The van der Waals surface area contributed by atoms with Crippen LogP contribution in [0.5, 0.6) is 5.75 Å². The van der Waals surface area contributed by atoms with Crippen molar-refractivity contribution in [1.29, 1.82) is 0 Å². The first kappa shape index (κ1) is 25.1. The highest BCUT2D eigenvalue weighted by atomic mass is 19.1. The number of likely N-dealkylation sites (tertiary alicyclic amines) is 1. The van der Waals surface area contributed by atoms with Crippen molar-refractivity contribution in [3.63, 3.8) is 0 Å². The van der Waals surface area contributed by atoms with Gasteiger partial charge in [-0.05, 0) is 55.4 Å². The number of nitrogens with zero attached hydrogens (tertiary/aromatic N) is 4. The molecule has 1 amide bonds. The molecule has 38 heavy (non-hydrogen) atoms. The number of nitrogens with one attached hydrogen (secondary N) is 2. The van der Waals surface area contributed by atoms with E-state index < -0.39 is 5.82 Å². The molecule has 1 fully saturated rings. The van der Waals surface area contributed by atoms with Crippen molar-refractivity contribution in [1.82, 2.24) is 19.4 Å². The summed E-state index contributed by atoms with van der Waals surface area (Å²) in [4.78, 5) is 36.0. The maximum atomic E-state index is 14.0. The highest BCUT2D eigenvalue weighted by molar-refractivity contribution is 6.00. The molecule has 5 rings (SSSR count). The van der Waals surface area contributed by atoms with Crippen molar-refractivity contribution < 1.29 is 13.9 Å². The summed E-state index contributed by atoms with van der Waals surface area (Å²) >= 11 is 0. The highest BCUT2D eigenvalue weighted by Crippen LogP contribution is 2.32. The Morgan fingerprint density at radius 2 is 2.08 bits per heavy atom. The predicted molar refractivity (Wildman–Crippen MR) is 145 cm³/mol. The fraction of sp³-hybridized carbons (Fsp3) is 0.214. The van der Waals surface area contributed by atoms with Gasteiger partial charge >= 0.3 is 0 Å². The monoisotopic (exact) mass is 514 g/mol. The fourth-order valence-electron chi connectivity index (χ4n) is 4.47. The van der Waals surface area contributed by atoms with E-state index >= 15 is 0 Å². The number of aromatic nitrogens is 3. The number of hydrogen-bond acceptors (Lipinski definition) is 7. The minimum atomic E-state index is -0.391. The summed E-state index contributed by atoms with van der Waals surface area (Å²) in [6, 6.07) is 11.4. The van der Waals surface area contributed by atoms with E-state index in [4.69, 9.17) is 4.74 Å². The summed E-state index contributed by atoms with van der Waals surface area (Å²) in [6.45, 7) is 5.27. The molecule has 0 spiro atoms. The number of hydrogen-bond donors (Lipinski definition) is 2. The highest BCUT2D eigenvalue weighted by Gasteiger charge is 2.22. The van der Waals surface area contributed by atoms with E-state index in [9.17, 15) is 14.0 Å². The Morgan fingerprint density at radius 1 is 1.24 bits per heavy atom. The maximum Gasteiger partial charge on any atom is 0.261 e. The Hall–Kier alpha value is -4.57. The molecular weight excluding hydrogens is 487 g/mol. The van der Waals surface area contributed by atoms with Crippen molar-refractivity contribution in [3.8, 4) is 16.9 Å². The molecule has 4 aromatic rings. The number of carbonyl (C=O) groups excluding carboxylic acids is 1. The normalized spacial score (nSPS) is 15.4. The molecule has 2 aromatic carbocycles. The lowest BCUT2D eigenvalue weighted by Crippen LogP contribution is -2.22. The number of ether oxygens (including phenoxy) is 1. The van der Waals surface area contributed by atoms with Crippen molar-refractivity contribution in [2.45, 2.75) is 12.5 Å². The number of likely N-dealkylation sites (N-methyl/N-ethyl adjacent to an activating group) is 1. The predicted octanol–water partition coefficient (Wildman–Crippen LogP) is 4.09. The van der Waals surface area contributed by atoms with Crippen LogP contribution in [0.15, 0.2) is 72.3 Å². The van der Waals surface area contributed by atoms with Crippen LogP contribution in [-0.4, -0.2) is 51.6 Å². The van der Waals surface area contributed by atoms with Gasteiger partial charge in [-0.1, -0.05) is 18.7 Å². The van der Waals surface area contributed by atoms with Crippen LogP contribution in [0, 0.1) is 5.82 Å². The van der Waals surface area contributed by atoms with Crippen molar-refractivity contribution in [3.05, 3.63) is 83.7 Å². The van der Waals surface area contributed by atoms with E-state index in [-0.39, 0.29) is 23.5 Å². The standard InChI is InChI=1S/C28H27FN6O3/c1-4-25(36)32-23-13-19(8-9-24(23)38-20-10-11-34(2)15-20)31-28-30-14-21-26(33-28)22(16-35(3)27(21)37)17-6-5-7-18(29)12-17/h4-9,12-14,16,20H,1,10-11,15H2,2-3H3,(H,32,36)(H,30,31,33). The molecule has 194 valence electrons. The summed E-state index contributed by atoms with van der Waals surface area (Å²) in [5.74, 6) is 0.0171. The molecule has 2 N–H and O–H groups in total. The van der Waals surface area contributed by atoms with Crippen LogP contribution in [-0.2, 0) is 11.8 Å². The third kappa shape index (κ3) is 5.25. The smallest absolute Gasteiger partial charge is 0.261 e. The number of fused-ring (bicyclic) bond motifs is 1. The molecule has 1 aliphatic heterocycles. The van der Waals surface area contributed by atoms with Gasteiger partial charge in [0, 0.05) is 43.8 Å². The summed E-state index contributed by atoms with van der Waals surface area (Å²) in [5.41, 5.74) is 2.38. The van der Waals surface area contributed by atoms with E-state index in [1.54, 1.807) is 43.6 Å². The average molecular weight is 515 g/mol. The van der Waals surface area contributed by atoms with E-state index in [1.165, 1.54) is 29.0 Å². The molecule has 9 nitrogen and oxygen atoms in total. The summed E-state index contributed by atoms with van der Waals surface area (Å²) < 4.78 is 21.6. The zero-order valence-corrected chi connectivity index (χ0v) is 21.1. The molecule has 1 saturated heterocycles. The fourth-order valence-corrected chi connectivity index (χ4v) is 4.47. The number of amides is 1. The van der Waals surface area contributed by atoms with Gasteiger partial charge in [-0.15, -0.1) is 0 Å². The van der Waals surface area contributed by atoms with Crippen molar-refractivity contribution >= 4 is 34.1 Å². The third-order valence-electron chi connectivity index (χ3n) is 6.37. The molecule has 0 saturated carbocycles. The average Bonchev–Trinajstić information content (AvgIpc) is 3.32. The molecular formula is C28H27FN6O3. The zero-order valence-electron chi connectivity index (χ0n) is 21.1. The van der Waals surface area contributed by atoms with E-state index in [1.807, 2.05) is 7.05 Å². The van der Waals surface area contributed by atoms with Crippen LogP contribution in [0.25, 0.3) is 22.0 Å². The number of aryl methyl sites for hydroxylation is 1. The van der Waals surface area contributed by atoms with Gasteiger partial charge in [-0.2, -0.15) is 0 Å². The first-order valence-corrected chi connectivity index (χ1v) is 12.1. The second-order valence-corrected chi connectivity index (χ2v) is 9.25. The minimum absolute atomic E-state index is 0.0193. The topological polar surface area (TPSA) is 101 Å². The Labute approximate surface area is 218 Å². The molecule has 2 aromatic heterocycles. The Kier molecular flexibility index (Phi) is 6.89. The maximum absolute atomic E-state index is 14.0. The van der Waals surface area contributed by atoms with Gasteiger partial charge in [0.1, 0.15) is 17.7 Å². The van der Waals surface area contributed by atoms with Crippen LogP contribution >= 0.6 is 0 Å². The summed E-state index contributed by atoms with van der Waals surface area (Å²) in [5, 5.41) is 6.24. The molecule has 0 radical (unpaired) electrons. The second-order valence-electron chi connectivity index (χ2n) is 9.25. The van der Waals surface area contributed by atoms with Gasteiger partial charge in [-0.3, -0.25) is 9.59 Å². The Balaban J connectivity index is 1.50. The van der Waals surface area contributed by atoms with Crippen LogP contribution in [0.4, 0.5) is 21.7 Å². The quantitative estimate of drug-likeness (QED) is 0.358. The van der Waals surface area contributed by atoms with Crippen LogP contribution in [0.3, 0.4) is 0 Å².